The Morgan fingerprint density at radius 1 is 1.11 bits per heavy atom. The van der Waals surface area contributed by atoms with E-state index < -0.39 is 44.3 Å². The molecule has 2 aromatic carbocycles. The Balaban J connectivity index is 1.48. The lowest BCUT2D eigenvalue weighted by molar-refractivity contribution is 0.0696. The van der Waals surface area contributed by atoms with Crippen molar-refractivity contribution in [1.29, 1.82) is 0 Å². The largest absolute Gasteiger partial charge is 0.478 e. The topological polar surface area (TPSA) is 196 Å². The summed E-state index contributed by atoms with van der Waals surface area (Å²) >= 11 is 0. The van der Waals surface area contributed by atoms with Crippen LogP contribution in [0.25, 0.3) is 5.69 Å². The predicted molar refractivity (Wildman–Crippen MR) is 162 cm³/mol. The van der Waals surface area contributed by atoms with Gasteiger partial charge >= 0.3 is 5.97 Å². The zero-order chi connectivity index (χ0) is 33.3. The third-order valence-corrected chi connectivity index (χ3v) is 9.17. The van der Waals surface area contributed by atoms with Crippen molar-refractivity contribution in [1.82, 2.24) is 24.0 Å². The first-order chi connectivity index (χ1) is 21.7. The van der Waals surface area contributed by atoms with Crippen molar-refractivity contribution in [2.45, 2.75) is 17.9 Å². The zero-order valence-corrected chi connectivity index (χ0v) is 25.5. The highest BCUT2D eigenvalue weighted by Crippen LogP contribution is 2.31. The minimum absolute atomic E-state index is 0.00661. The lowest BCUT2D eigenvalue weighted by Crippen LogP contribution is -2.36. The Morgan fingerprint density at radius 3 is 2.46 bits per heavy atom. The summed E-state index contributed by atoms with van der Waals surface area (Å²) in [5, 5.41) is 22.1. The summed E-state index contributed by atoms with van der Waals surface area (Å²) in [5.74, 6) is -4.99. The number of fused-ring (bicyclic) bond motifs is 1. The Morgan fingerprint density at radius 2 is 1.83 bits per heavy atom. The molecule has 0 fully saturated rings. The SMILES string of the molecule is CN(C)CCNc1cc(C(N)=O)c(C(=O)Nc2n[nH]c3c2CN(S(=O)(=O)c2cc(F)cc(F)c2)CC3)cc1-n1ccc(C(=O)O)c1. The number of hydrogen-bond donors (Lipinski definition) is 5. The molecule has 3 heterocycles. The fraction of sp³-hybridized carbons (Fsp3) is 0.241. The van der Waals surface area contributed by atoms with Crippen molar-refractivity contribution in [2.75, 3.05) is 44.4 Å². The number of H-pyrrole nitrogens is 1. The van der Waals surface area contributed by atoms with Gasteiger partial charge in [0.25, 0.3) is 5.91 Å². The van der Waals surface area contributed by atoms with Crippen molar-refractivity contribution < 1.29 is 36.7 Å². The quantitative estimate of drug-likeness (QED) is 0.161. The second kappa shape index (κ2) is 12.7. The third-order valence-electron chi connectivity index (χ3n) is 7.34. The molecule has 2 amide bonds. The van der Waals surface area contributed by atoms with Crippen molar-refractivity contribution in [3.8, 4) is 5.69 Å². The highest BCUT2D eigenvalue weighted by molar-refractivity contribution is 7.89. The molecule has 1 aliphatic rings. The van der Waals surface area contributed by atoms with Gasteiger partial charge in [-0.05, 0) is 44.4 Å². The molecule has 6 N–H and O–H groups in total. The standard InChI is InChI=1S/C29H30F2N8O6S/c1-37(2)8-5-33-24-12-20(26(32)40)21(13-25(24)38-6-3-16(14-38)29(42)43)28(41)34-27-22-15-39(7-4-23(22)35-36-27)46(44,45)19-10-17(30)9-18(31)11-19/h3,6,9-14,33H,4-5,7-8,15H2,1-2H3,(H2,32,40)(H,42,43)(H2,34,35,36,41). The van der Waals surface area contributed by atoms with Gasteiger partial charge in [0.1, 0.15) is 11.6 Å². The third kappa shape index (κ3) is 6.60. The number of benzene rings is 2. The molecule has 242 valence electrons. The van der Waals surface area contributed by atoms with E-state index in [9.17, 15) is 36.7 Å². The summed E-state index contributed by atoms with van der Waals surface area (Å²) in [6.45, 7) is 0.768. The van der Waals surface area contributed by atoms with Crippen molar-refractivity contribution >= 4 is 39.3 Å². The summed E-state index contributed by atoms with van der Waals surface area (Å²) in [5.41, 5.74) is 6.99. The highest BCUT2D eigenvalue weighted by atomic mass is 32.2. The van der Waals surface area contributed by atoms with Crippen LogP contribution in [-0.2, 0) is 23.0 Å². The number of likely N-dealkylation sites (N-methyl/N-ethyl adjacent to an activating group) is 1. The van der Waals surface area contributed by atoms with E-state index in [0.717, 1.165) is 16.4 Å². The number of aromatic amines is 1. The number of carboxylic acid groups (broad SMARTS) is 1. The number of nitrogens with one attached hydrogen (secondary N) is 3. The second-order valence-electron chi connectivity index (χ2n) is 10.8. The summed E-state index contributed by atoms with van der Waals surface area (Å²) < 4.78 is 56.6. The summed E-state index contributed by atoms with van der Waals surface area (Å²) in [6.07, 6.45) is 3.01. The van der Waals surface area contributed by atoms with Gasteiger partial charge < -0.3 is 30.9 Å². The number of anilines is 2. The van der Waals surface area contributed by atoms with E-state index in [0.29, 0.717) is 41.8 Å². The number of primary amides is 1. The van der Waals surface area contributed by atoms with Gasteiger partial charge in [0.05, 0.1) is 33.0 Å². The van der Waals surface area contributed by atoms with Gasteiger partial charge in [0, 0.05) is 62.3 Å². The van der Waals surface area contributed by atoms with Crippen LogP contribution in [0.15, 0.2) is 53.7 Å². The molecule has 46 heavy (non-hydrogen) atoms. The van der Waals surface area contributed by atoms with E-state index in [1.165, 1.54) is 35.2 Å². The molecule has 0 aliphatic carbocycles. The minimum Gasteiger partial charge on any atom is -0.478 e. The molecule has 0 atom stereocenters. The number of carboxylic acids is 1. The fourth-order valence-electron chi connectivity index (χ4n) is 5.00. The first-order valence-electron chi connectivity index (χ1n) is 13.9. The molecule has 0 bridgehead atoms. The normalized spacial score (nSPS) is 13.4. The molecule has 0 saturated carbocycles. The molecule has 0 spiro atoms. The molecule has 0 unspecified atom stereocenters. The fourth-order valence-corrected chi connectivity index (χ4v) is 6.45. The molecule has 17 heteroatoms. The van der Waals surface area contributed by atoms with Crippen molar-refractivity contribution in [3.63, 3.8) is 0 Å². The van der Waals surface area contributed by atoms with Gasteiger partial charge in [-0.2, -0.15) is 9.40 Å². The van der Waals surface area contributed by atoms with E-state index in [1.807, 2.05) is 19.0 Å². The molecule has 0 saturated heterocycles. The molecule has 5 rings (SSSR count). The van der Waals surface area contributed by atoms with Crippen LogP contribution in [0.3, 0.4) is 0 Å². The number of halogens is 2. The Kier molecular flexibility index (Phi) is 8.91. The molecule has 0 radical (unpaired) electrons. The van der Waals surface area contributed by atoms with E-state index in [1.54, 1.807) is 0 Å². The monoisotopic (exact) mass is 656 g/mol. The number of nitrogens with two attached hydrogens (primary N) is 1. The highest BCUT2D eigenvalue weighted by Gasteiger charge is 2.32. The number of nitrogens with zero attached hydrogens (tertiary/aromatic N) is 4. The molecule has 1 aliphatic heterocycles. The summed E-state index contributed by atoms with van der Waals surface area (Å²) in [7, 11) is -0.569. The average molecular weight is 657 g/mol. The smallest absolute Gasteiger partial charge is 0.337 e. The summed E-state index contributed by atoms with van der Waals surface area (Å²) in [4.78, 5) is 39.1. The maximum absolute atomic E-state index is 13.8. The van der Waals surface area contributed by atoms with Gasteiger partial charge in [0.2, 0.25) is 15.9 Å². The van der Waals surface area contributed by atoms with Crippen LogP contribution in [0.2, 0.25) is 0 Å². The number of hydrogen-bond acceptors (Lipinski definition) is 8. The van der Waals surface area contributed by atoms with E-state index >= 15 is 0 Å². The van der Waals surface area contributed by atoms with Crippen molar-refractivity contribution in [2.24, 2.45) is 5.73 Å². The maximum atomic E-state index is 13.8. The number of aromatic carboxylic acids is 1. The molecule has 2 aromatic heterocycles. The van der Waals surface area contributed by atoms with Gasteiger partial charge in [-0.15, -0.1) is 0 Å². The number of rotatable bonds is 11. The predicted octanol–water partition coefficient (Wildman–Crippen LogP) is 2.25. The molecule has 4 aromatic rings. The zero-order valence-electron chi connectivity index (χ0n) is 24.7. The van der Waals surface area contributed by atoms with Gasteiger partial charge in [0.15, 0.2) is 5.82 Å². The first-order valence-corrected chi connectivity index (χ1v) is 15.3. The lowest BCUT2D eigenvalue weighted by atomic mass is 10.0. The Labute approximate surface area is 261 Å². The van der Waals surface area contributed by atoms with Crippen LogP contribution in [0.5, 0.6) is 0 Å². The Hall–Kier alpha value is -5.13. The Bertz CT molecular complexity index is 1940. The number of carbonyl (C=O) groups is 3. The lowest BCUT2D eigenvalue weighted by Gasteiger charge is -2.26. The van der Waals surface area contributed by atoms with E-state index in [2.05, 4.69) is 20.8 Å². The van der Waals surface area contributed by atoms with Crippen molar-refractivity contribution in [3.05, 3.63) is 88.4 Å². The van der Waals surface area contributed by atoms with Crippen LogP contribution in [-0.4, -0.2) is 89.0 Å². The number of aromatic nitrogens is 3. The average Bonchev–Trinajstić information content (AvgIpc) is 3.64. The van der Waals surface area contributed by atoms with Crippen LogP contribution in [0, 0.1) is 11.6 Å². The van der Waals surface area contributed by atoms with Crippen LogP contribution in [0.1, 0.15) is 42.3 Å². The van der Waals surface area contributed by atoms with Crippen LogP contribution < -0.4 is 16.4 Å². The second-order valence-corrected chi connectivity index (χ2v) is 12.7. The molecular formula is C29H30F2N8O6S. The maximum Gasteiger partial charge on any atom is 0.337 e. The molecule has 14 nitrogen and oxygen atoms in total. The summed E-state index contributed by atoms with van der Waals surface area (Å²) in [6, 6.07) is 6.16. The van der Waals surface area contributed by atoms with Crippen LogP contribution in [0.4, 0.5) is 20.3 Å². The van der Waals surface area contributed by atoms with Gasteiger partial charge in [-0.1, -0.05) is 0 Å². The first kappa shape index (κ1) is 32.3. The number of carbonyl (C=O) groups excluding carboxylic acids is 2. The van der Waals surface area contributed by atoms with Crippen LogP contribution >= 0.6 is 0 Å². The molecular weight excluding hydrogens is 626 g/mol. The van der Waals surface area contributed by atoms with Gasteiger partial charge in [-0.3, -0.25) is 14.7 Å². The minimum atomic E-state index is -4.32. The van der Waals surface area contributed by atoms with E-state index in [4.69, 9.17) is 5.73 Å². The van der Waals surface area contributed by atoms with Gasteiger partial charge in [-0.25, -0.2) is 22.0 Å². The number of amides is 2. The number of sulfonamides is 1. The van der Waals surface area contributed by atoms with E-state index in [-0.39, 0.29) is 42.0 Å².